The quantitative estimate of drug-likeness (QED) is 0.0169. The summed E-state index contributed by atoms with van der Waals surface area (Å²) in [7, 11) is -10.0. The molecule has 0 aromatic rings. The van der Waals surface area contributed by atoms with Gasteiger partial charge in [0.1, 0.15) is 19.3 Å². The van der Waals surface area contributed by atoms with Gasteiger partial charge in [0, 0.05) is 25.7 Å². The molecule has 0 saturated carbocycles. The molecule has 0 saturated heterocycles. The number of carbonyl (C=O) groups excluding carboxylic acids is 4. The molecule has 5 unspecified atom stereocenters. The first-order chi connectivity index (χ1) is 52.7. The van der Waals surface area contributed by atoms with Gasteiger partial charge in [-0.1, -0.05) is 286 Å². The number of hydrogen-bond acceptors (Lipinski definition) is 15. The van der Waals surface area contributed by atoms with E-state index in [0.717, 1.165) is 141 Å². The molecule has 108 heavy (non-hydrogen) atoms. The van der Waals surface area contributed by atoms with Crippen LogP contribution in [-0.2, 0) is 65.4 Å². The minimum absolute atomic E-state index is 0.0104. The van der Waals surface area contributed by atoms with Crippen LogP contribution in [0.1, 0.15) is 272 Å². The lowest BCUT2D eigenvalue weighted by atomic mass is 10.1. The van der Waals surface area contributed by atoms with Crippen LogP contribution >= 0.6 is 15.6 Å². The molecule has 0 aliphatic rings. The Labute approximate surface area is 652 Å². The Morgan fingerprint density at radius 3 is 0.843 bits per heavy atom. The predicted molar refractivity (Wildman–Crippen MR) is 445 cm³/mol. The van der Waals surface area contributed by atoms with E-state index in [-0.39, 0.29) is 25.7 Å². The van der Waals surface area contributed by atoms with E-state index >= 15 is 0 Å². The summed E-state index contributed by atoms with van der Waals surface area (Å²) in [6, 6.07) is 0. The average molecular weight is 1540 g/mol. The lowest BCUT2D eigenvalue weighted by Gasteiger charge is -2.21. The Balaban J connectivity index is 5.58. The Kier molecular flexibility index (Phi) is 74.1. The highest BCUT2D eigenvalue weighted by Crippen LogP contribution is 2.45. The van der Waals surface area contributed by atoms with Gasteiger partial charge in [0.25, 0.3) is 0 Å². The maximum atomic E-state index is 13.1. The largest absolute Gasteiger partial charge is 0.472 e. The number of rotatable bonds is 73. The number of esters is 4. The Morgan fingerprint density at radius 2 is 0.500 bits per heavy atom. The number of carbonyl (C=O) groups is 4. The van der Waals surface area contributed by atoms with Gasteiger partial charge in [-0.15, -0.1) is 0 Å². The normalized spacial score (nSPS) is 14.9. The minimum atomic E-state index is -5.03. The van der Waals surface area contributed by atoms with E-state index in [1.807, 2.05) is 36.5 Å². The number of unbranched alkanes of at least 4 members (excludes halogenated alkanes) is 13. The second kappa shape index (κ2) is 78.8. The van der Waals surface area contributed by atoms with Crippen LogP contribution in [0.25, 0.3) is 0 Å². The van der Waals surface area contributed by atoms with E-state index in [9.17, 15) is 43.2 Å². The molecule has 5 atom stereocenters. The van der Waals surface area contributed by atoms with Gasteiger partial charge in [0.2, 0.25) is 0 Å². The number of phosphoric acid groups is 2. The van der Waals surface area contributed by atoms with Gasteiger partial charge in [0.05, 0.1) is 26.4 Å². The molecule has 0 aliphatic carbocycles. The van der Waals surface area contributed by atoms with E-state index in [1.54, 1.807) is 0 Å². The minimum Gasteiger partial charge on any atom is -0.462 e. The molecular weight excluding hydrogens is 1400 g/mol. The van der Waals surface area contributed by atoms with Crippen LogP contribution < -0.4 is 0 Å². The maximum Gasteiger partial charge on any atom is 0.472 e. The van der Waals surface area contributed by atoms with Crippen molar-refractivity contribution in [3.05, 3.63) is 207 Å². The Hall–Kier alpha value is -6.36. The van der Waals surface area contributed by atoms with Crippen molar-refractivity contribution >= 4 is 39.5 Å². The van der Waals surface area contributed by atoms with E-state index < -0.39 is 97.5 Å². The third-order valence-corrected chi connectivity index (χ3v) is 17.7. The summed E-state index contributed by atoms with van der Waals surface area (Å²) in [5.74, 6) is -2.45. The third-order valence-electron chi connectivity index (χ3n) is 15.8. The summed E-state index contributed by atoms with van der Waals surface area (Å²) in [5, 5.41) is 10.6. The molecular formula is C89H140O17P2. The van der Waals surface area contributed by atoms with E-state index in [4.69, 9.17) is 37.0 Å². The molecule has 0 fully saturated rings. The van der Waals surface area contributed by atoms with Crippen LogP contribution in [0.2, 0.25) is 0 Å². The summed E-state index contributed by atoms with van der Waals surface area (Å²) in [5.41, 5.74) is 0. The molecule has 0 spiro atoms. The molecule has 3 N–H and O–H groups in total. The molecule has 0 aromatic heterocycles. The fourth-order valence-corrected chi connectivity index (χ4v) is 11.3. The van der Waals surface area contributed by atoms with Gasteiger partial charge in [-0.2, -0.15) is 0 Å². The summed E-state index contributed by atoms with van der Waals surface area (Å²) >= 11 is 0. The van der Waals surface area contributed by atoms with E-state index in [0.29, 0.717) is 38.5 Å². The van der Waals surface area contributed by atoms with Crippen LogP contribution in [0, 0.1) is 0 Å². The molecule has 608 valence electrons. The molecule has 17 nitrogen and oxygen atoms in total. The van der Waals surface area contributed by atoms with Crippen molar-refractivity contribution in [3.63, 3.8) is 0 Å². The molecule has 0 radical (unpaired) electrons. The zero-order valence-electron chi connectivity index (χ0n) is 66.4. The van der Waals surface area contributed by atoms with Crippen molar-refractivity contribution in [1.29, 1.82) is 0 Å². The van der Waals surface area contributed by atoms with Crippen LogP contribution in [-0.4, -0.2) is 96.7 Å². The Bertz CT molecular complexity index is 2860. The number of ether oxygens (including phenoxy) is 4. The number of hydrogen-bond donors (Lipinski definition) is 3. The van der Waals surface area contributed by atoms with Crippen LogP contribution in [0.3, 0.4) is 0 Å². The lowest BCUT2D eigenvalue weighted by molar-refractivity contribution is -0.161. The van der Waals surface area contributed by atoms with Crippen LogP contribution in [0.4, 0.5) is 0 Å². The number of aliphatic hydroxyl groups is 1. The van der Waals surface area contributed by atoms with Crippen molar-refractivity contribution in [2.45, 2.75) is 290 Å². The summed E-state index contributed by atoms with van der Waals surface area (Å²) in [4.78, 5) is 73.0. The van der Waals surface area contributed by atoms with Crippen LogP contribution in [0.5, 0.6) is 0 Å². The van der Waals surface area contributed by atoms with Gasteiger partial charge < -0.3 is 33.8 Å². The highest BCUT2D eigenvalue weighted by Gasteiger charge is 2.30. The molecule has 0 heterocycles. The van der Waals surface area contributed by atoms with Gasteiger partial charge in [0.15, 0.2) is 12.2 Å². The fraction of sp³-hybridized carbons (Fsp3) is 0.573. The summed E-state index contributed by atoms with van der Waals surface area (Å²) < 4.78 is 68.4. The van der Waals surface area contributed by atoms with Crippen molar-refractivity contribution < 1.29 is 80.2 Å². The van der Waals surface area contributed by atoms with Gasteiger partial charge in [-0.05, 0) is 167 Å². The number of aliphatic hydroxyl groups excluding tert-OH is 1. The molecule has 19 heteroatoms. The zero-order valence-corrected chi connectivity index (χ0v) is 68.2. The fourth-order valence-electron chi connectivity index (χ4n) is 9.73. The van der Waals surface area contributed by atoms with Gasteiger partial charge in [-0.3, -0.25) is 37.3 Å². The van der Waals surface area contributed by atoms with Crippen LogP contribution in [0.15, 0.2) is 207 Å². The SMILES string of the molecule is CC/C=C\C/C=C\C/C=C\C/C=C\C/C=C\C/C=C\CCC(=O)OCC(COP(=O)(O)OCC(O)COP(=O)(O)OCC(COC(=O)CCCC/C=C\C/C=C\C/C=C\C/C=C\CC)OC(=O)CCCCCCC/C=C\CCCCCCCC)OC(=O)CC/C=C\C/C=C\C/C=C\C/C=C\C/C=C\C/C=C\CC. The zero-order chi connectivity index (χ0) is 78.9. The smallest absolute Gasteiger partial charge is 0.462 e. The van der Waals surface area contributed by atoms with Gasteiger partial charge >= 0.3 is 39.5 Å². The summed E-state index contributed by atoms with van der Waals surface area (Å²) in [6.07, 6.45) is 98.4. The molecule has 0 bridgehead atoms. The van der Waals surface area contributed by atoms with E-state index in [1.165, 1.54) is 38.5 Å². The predicted octanol–water partition coefficient (Wildman–Crippen LogP) is 23.9. The van der Waals surface area contributed by atoms with Crippen molar-refractivity contribution in [3.8, 4) is 0 Å². The monoisotopic (exact) mass is 1540 g/mol. The molecule has 0 aromatic carbocycles. The summed E-state index contributed by atoms with van der Waals surface area (Å²) in [6.45, 7) is 4.26. The lowest BCUT2D eigenvalue weighted by Crippen LogP contribution is -2.30. The second-order valence-electron chi connectivity index (χ2n) is 25.9. The first kappa shape index (κ1) is 102. The number of allylic oxidation sites excluding steroid dienone is 34. The highest BCUT2D eigenvalue weighted by atomic mass is 31.2. The average Bonchev–Trinajstić information content (AvgIpc) is 0.896. The second-order valence-corrected chi connectivity index (χ2v) is 28.8. The van der Waals surface area contributed by atoms with E-state index in [2.05, 4.69) is 198 Å². The first-order valence-corrected chi connectivity index (χ1v) is 43.3. The van der Waals surface area contributed by atoms with Crippen molar-refractivity contribution in [2.75, 3.05) is 39.6 Å². The van der Waals surface area contributed by atoms with Gasteiger partial charge in [-0.25, -0.2) is 9.13 Å². The topological polar surface area (TPSA) is 237 Å². The molecule has 0 amide bonds. The molecule has 0 rings (SSSR count). The number of phosphoric ester groups is 2. The Morgan fingerprint density at radius 1 is 0.269 bits per heavy atom. The van der Waals surface area contributed by atoms with Crippen molar-refractivity contribution in [1.82, 2.24) is 0 Å². The third kappa shape index (κ3) is 77.8. The van der Waals surface area contributed by atoms with Crippen molar-refractivity contribution in [2.24, 2.45) is 0 Å². The standard InChI is InChI=1S/C89H140O17P2/c1-5-9-13-17-21-25-29-33-37-39-41-43-47-50-54-58-62-66-70-74-87(92)100-80-85(106-89(94)76-72-68-64-60-56-52-48-44-42-40-38-34-30-26-22-18-14-10-6-2)82-104-108(97,98)102-78-83(90)77-101-107(95,96)103-81-84(105-88(93)75-71-67-63-59-55-51-46-36-32-28-24-20-16-12-8-4)79-99-86(91)73-69-65-61-57-53-49-45-35-31-27-23-19-15-11-7-3/h9-11,13-15,21-23,25-27,33-38,41-46,50,52-54,56-57,62,64,66,68,83-85,90H,5-8,12,16-20,24,28-32,39-40,47-49,51,55,58-61,63,65,67,69-82H2,1-4H3,(H,95,96)(H,97,98)/b13-9-,14-10-,15-11-,25-21-,26-22-,27-23-,37-33-,38-34-,43-41-,44-42-,45-35-,46-36-,54-50-,56-52-,57-53-,66-62-,68-64-. The molecule has 0 aliphatic heterocycles. The highest BCUT2D eigenvalue weighted by molar-refractivity contribution is 7.47. The maximum absolute atomic E-state index is 13.1. The first-order valence-electron chi connectivity index (χ1n) is 40.3.